The van der Waals surface area contributed by atoms with E-state index in [0.717, 1.165) is 12.0 Å². The van der Waals surface area contributed by atoms with Gasteiger partial charge in [0, 0.05) is 5.56 Å². The number of benzene rings is 1. The molecule has 88 valence electrons. The Morgan fingerprint density at radius 1 is 1.44 bits per heavy atom. The van der Waals surface area contributed by atoms with Gasteiger partial charge in [0.1, 0.15) is 5.75 Å². The van der Waals surface area contributed by atoms with E-state index >= 15 is 0 Å². The average molecular weight is 222 g/mol. The third-order valence-corrected chi connectivity index (χ3v) is 3.27. The summed E-state index contributed by atoms with van der Waals surface area (Å²) in [7, 11) is 0. The number of aliphatic hydroxyl groups is 1. The molecule has 1 heterocycles. The van der Waals surface area contributed by atoms with E-state index in [1.807, 2.05) is 12.1 Å². The van der Waals surface area contributed by atoms with Crippen molar-refractivity contribution < 1.29 is 14.9 Å². The number of ether oxygens (including phenoxy) is 1. The fraction of sp³-hybridized carbons (Fsp3) is 0.538. The van der Waals surface area contributed by atoms with Gasteiger partial charge >= 0.3 is 0 Å². The van der Waals surface area contributed by atoms with Crippen LogP contribution in [-0.2, 0) is 11.3 Å². The van der Waals surface area contributed by atoms with Gasteiger partial charge < -0.3 is 14.9 Å². The number of aliphatic hydroxyl groups excluding tert-OH is 1. The third-order valence-electron chi connectivity index (χ3n) is 3.27. The van der Waals surface area contributed by atoms with Gasteiger partial charge in [0.25, 0.3) is 0 Å². The van der Waals surface area contributed by atoms with Crippen LogP contribution in [0.25, 0.3) is 0 Å². The van der Waals surface area contributed by atoms with Crippen molar-refractivity contribution in [3.05, 3.63) is 29.3 Å². The summed E-state index contributed by atoms with van der Waals surface area (Å²) in [5, 5.41) is 18.5. The van der Waals surface area contributed by atoms with Crippen molar-refractivity contribution >= 4 is 0 Å². The molecule has 0 spiro atoms. The summed E-state index contributed by atoms with van der Waals surface area (Å²) in [6.07, 6.45) is 1.76. The minimum Gasteiger partial charge on any atom is -0.508 e. The standard InChI is InChI=1S/C13H18O3/c1-8(5-13-9(2)16-13)10-3-4-12(15)11(6-10)7-14/h3-4,6,8-9,13-15H,5,7H2,1-2H3. The van der Waals surface area contributed by atoms with Gasteiger partial charge in [0.05, 0.1) is 18.8 Å². The predicted octanol–water partition coefficient (Wildman–Crippen LogP) is 2.17. The fourth-order valence-electron chi connectivity index (χ4n) is 2.00. The number of phenols is 1. The average Bonchev–Trinajstić information content (AvgIpc) is 2.94. The summed E-state index contributed by atoms with van der Waals surface area (Å²) in [6.45, 7) is 4.10. The van der Waals surface area contributed by atoms with Crippen molar-refractivity contribution in [3.63, 3.8) is 0 Å². The van der Waals surface area contributed by atoms with E-state index in [4.69, 9.17) is 9.84 Å². The Hall–Kier alpha value is -1.06. The quantitative estimate of drug-likeness (QED) is 0.768. The molecule has 1 aliphatic rings. The number of epoxide rings is 1. The van der Waals surface area contributed by atoms with Crippen molar-refractivity contribution in [1.82, 2.24) is 0 Å². The van der Waals surface area contributed by atoms with Gasteiger partial charge in [-0.15, -0.1) is 0 Å². The maximum atomic E-state index is 9.47. The summed E-state index contributed by atoms with van der Waals surface area (Å²) < 4.78 is 5.39. The lowest BCUT2D eigenvalue weighted by Gasteiger charge is -2.12. The van der Waals surface area contributed by atoms with E-state index in [-0.39, 0.29) is 12.4 Å². The maximum absolute atomic E-state index is 9.47. The molecule has 0 aliphatic carbocycles. The summed E-state index contributed by atoms with van der Waals surface area (Å²) in [5.74, 6) is 0.551. The SMILES string of the molecule is CC(CC1OC1C)c1ccc(O)c(CO)c1. The second kappa shape index (κ2) is 4.44. The first kappa shape index (κ1) is 11.4. The molecular weight excluding hydrogens is 204 g/mol. The molecule has 1 fully saturated rings. The van der Waals surface area contributed by atoms with E-state index in [9.17, 15) is 5.11 Å². The molecule has 0 amide bonds. The molecule has 1 aromatic carbocycles. The van der Waals surface area contributed by atoms with Gasteiger partial charge in [-0.2, -0.15) is 0 Å². The Bertz CT molecular complexity index is 375. The Kier molecular flexibility index (Phi) is 3.17. The number of aromatic hydroxyl groups is 1. The van der Waals surface area contributed by atoms with Gasteiger partial charge in [-0.3, -0.25) is 0 Å². The molecular formula is C13H18O3. The first-order valence-electron chi connectivity index (χ1n) is 5.70. The van der Waals surface area contributed by atoms with Gasteiger partial charge in [-0.25, -0.2) is 0 Å². The van der Waals surface area contributed by atoms with E-state index in [1.54, 1.807) is 6.07 Å². The molecule has 0 bridgehead atoms. The van der Waals surface area contributed by atoms with Crippen molar-refractivity contribution in [3.8, 4) is 5.75 Å². The fourth-order valence-corrected chi connectivity index (χ4v) is 2.00. The van der Waals surface area contributed by atoms with Crippen LogP contribution in [0, 0.1) is 0 Å². The Morgan fingerprint density at radius 2 is 2.12 bits per heavy atom. The Morgan fingerprint density at radius 3 is 2.69 bits per heavy atom. The van der Waals surface area contributed by atoms with E-state index in [0.29, 0.717) is 23.7 Å². The smallest absolute Gasteiger partial charge is 0.121 e. The number of rotatable bonds is 4. The summed E-state index contributed by atoms with van der Waals surface area (Å²) >= 11 is 0. The lowest BCUT2D eigenvalue weighted by Crippen LogP contribution is -2.01. The summed E-state index contributed by atoms with van der Waals surface area (Å²) in [5.41, 5.74) is 1.73. The molecule has 3 heteroatoms. The van der Waals surface area contributed by atoms with E-state index < -0.39 is 0 Å². The van der Waals surface area contributed by atoms with E-state index in [1.165, 1.54) is 0 Å². The van der Waals surface area contributed by atoms with Crippen LogP contribution in [0.15, 0.2) is 18.2 Å². The molecule has 3 atom stereocenters. The second-order valence-corrected chi connectivity index (χ2v) is 4.56. The normalized spacial score (nSPS) is 25.4. The van der Waals surface area contributed by atoms with Gasteiger partial charge in [-0.1, -0.05) is 13.0 Å². The number of hydrogen-bond donors (Lipinski definition) is 2. The van der Waals surface area contributed by atoms with Crippen LogP contribution in [0.3, 0.4) is 0 Å². The first-order chi connectivity index (χ1) is 7.61. The highest BCUT2D eigenvalue weighted by Gasteiger charge is 2.35. The van der Waals surface area contributed by atoms with Crippen molar-refractivity contribution in [2.45, 2.75) is 45.0 Å². The van der Waals surface area contributed by atoms with E-state index in [2.05, 4.69) is 13.8 Å². The molecule has 2 N–H and O–H groups in total. The largest absolute Gasteiger partial charge is 0.508 e. The van der Waals surface area contributed by atoms with Crippen LogP contribution in [-0.4, -0.2) is 22.4 Å². The first-order valence-corrected chi connectivity index (χ1v) is 5.70. The lowest BCUT2D eigenvalue weighted by molar-refractivity contribution is 0.275. The Balaban J connectivity index is 2.07. The van der Waals surface area contributed by atoms with Crippen LogP contribution in [0.1, 0.15) is 37.3 Å². The molecule has 1 aliphatic heterocycles. The van der Waals surface area contributed by atoms with Crippen LogP contribution in [0.5, 0.6) is 5.75 Å². The highest BCUT2D eigenvalue weighted by Crippen LogP contribution is 2.33. The van der Waals surface area contributed by atoms with Crippen LogP contribution < -0.4 is 0 Å². The van der Waals surface area contributed by atoms with Gasteiger partial charge in [0.2, 0.25) is 0 Å². The molecule has 0 saturated carbocycles. The molecule has 1 aromatic rings. The van der Waals surface area contributed by atoms with Crippen LogP contribution >= 0.6 is 0 Å². The molecule has 3 unspecified atom stereocenters. The van der Waals surface area contributed by atoms with Gasteiger partial charge in [-0.05, 0) is 37.0 Å². The second-order valence-electron chi connectivity index (χ2n) is 4.56. The molecule has 0 radical (unpaired) electrons. The summed E-state index contributed by atoms with van der Waals surface area (Å²) in [6, 6.07) is 5.42. The Labute approximate surface area is 95.7 Å². The van der Waals surface area contributed by atoms with Crippen LogP contribution in [0.2, 0.25) is 0 Å². The highest BCUT2D eigenvalue weighted by molar-refractivity contribution is 5.37. The molecule has 16 heavy (non-hydrogen) atoms. The van der Waals surface area contributed by atoms with Crippen LogP contribution in [0.4, 0.5) is 0 Å². The van der Waals surface area contributed by atoms with Crippen molar-refractivity contribution in [2.75, 3.05) is 0 Å². The predicted molar refractivity (Wildman–Crippen MR) is 61.4 cm³/mol. The molecule has 2 rings (SSSR count). The van der Waals surface area contributed by atoms with Gasteiger partial charge in [0.15, 0.2) is 0 Å². The minimum absolute atomic E-state index is 0.122. The van der Waals surface area contributed by atoms with Crippen molar-refractivity contribution in [2.24, 2.45) is 0 Å². The molecule has 0 aromatic heterocycles. The zero-order valence-corrected chi connectivity index (χ0v) is 9.68. The van der Waals surface area contributed by atoms with Crippen molar-refractivity contribution in [1.29, 1.82) is 0 Å². The molecule has 1 saturated heterocycles. The maximum Gasteiger partial charge on any atom is 0.121 e. The third kappa shape index (κ3) is 2.36. The topological polar surface area (TPSA) is 53.0 Å². The number of hydrogen-bond acceptors (Lipinski definition) is 3. The molecule has 3 nitrogen and oxygen atoms in total. The monoisotopic (exact) mass is 222 g/mol. The zero-order valence-electron chi connectivity index (χ0n) is 9.68. The lowest BCUT2D eigenvalue weighted by atomic mass is 9.94. The zero-order chi connectivity index (χ0) is 11.7. The summed E-state index contributed by atoms with van der Waals surface area (Å²) in [4.78, 5) is 0. The highest BCUT2D eigenvalue weighted by atomic mass is 16.6. The minimum atomic E-state index is -0.122.